The fourth-order valence-electron chi connectivity index (χ4n) is 4.18. The van der Waals surface area contributed by atoms with Crippen molar-refractivity contribution in [3.05, 3.63) is 66.4 Å². The number of pyridine rings is 1. The lowest BCUT2D eigenvalue weighted by Gasteiger charge is -2.19. The first-order valence-electron chi connectivity index (χ1n) is 9.72. The van der Waals surface area contributed by atoms with Gasteiger partial charge < -0.3 is 14.6 Å². The van der Waals surface area contributed by atoms with Crippen LogP contribution in [-0.4, -0.2) is 35.6 Å². The third-order valence-electron chi connectivity index (χ3n) is 5.75. The van der Waals surface area contributed by atoms with Gasteiger partial charge in [0, 0.05) is 42.8 Å². The summed E-state index contributed by atoms with van der Waals surface area (Å²) in [5, 5.41) is 5.73. The van der Waals surface area contributed by atoms with Crippen molar-refractivity contribution in [2.24, 2.45) is 0 Å². The van der Waals surface area contributed by atoms with Crippen LogP contribution in [0.1, 0.15) is 12.1 Å². The molecular weight excluding hydrogens is 351 g/mol. The highest BCUT2D eigenvalue weighted by atomic mass is 19.1. The van der Waals surface area contributed by atoms with E-state index in [0.717, 1.165) is 35.3 Å². The molecule has 5 rings (SSSR count). The minimum Gasteiger partial charge on any atom is -0.370 e. The molecule has 0 radical (unpaired) electrons. The summed E-state index contributed by atoms with van der Waals surface area (Å²) in [7, 11) is 2.03. The third kappa shape index (κ3) is 2.92. The molecule has 1 saturated heterocycles. The van der Waals surface area contributed by atoms with E-state index < -0.39 is 0 Å². The second kappa shape index (κ2) is 6.60. The Kier molecular flexibility index (Phi) is 4.05. The van der Waals surface area contributed by atoms with Gasteiger partial charge in [-0.2, -0.15) is 0 Å². The smallest absolute Gasteiger partial charge is 0.173 e. The summed E-state index contributed by atoms with van der Waals surface area (Å²) in [5.74, 6) is -0.297. The molecule has 2 aromatic carbocycles. The van der Waals surface area contributed by atoms with Crippen LogP contribution in [0.15, 0.2) is 54.9 Å². The minimum absolute atomic E-state index is 0.297. The monoisotopic (exact) mass is 374 g/mol. The molecule has 4 nitrogen and oxygen atoms in total. The number of nitrogens with one attached hydrogen (secondary N) is 1. The number of aromatic nitrogens is 2. The molecule has 1 aliphatic heterocycles. The fraction of sp³-hybridized carbons (Fsp3) is 0.261. The van der Waals surface area contributed by atoms with Gasteiger partial charge in [0.15, 0.2) is 11.5 Å². The number of fused-ring (bicyclic) bond motifs is 2. The summed E-state index contributed by atoms with van der Waals surface area (Å²) >= 11 is 0. The molecule has 3 heterocycles. The van der Waals surface area contributed by atoms with Crippen molar-refractivity contribution < 1.29 is 4.39 Å². The average Bonchev–Trinajstić information content (AvgIpc) is 3.33. The van der Waals surface area contributed by atoms with Crippen LogP contribution in [0.25, 0.3) is 27.5 Å². The minimum atomic E-state index is -0.297. The van der Waals surface area contributed by atoms with Crippen molar-refractivity contribution >= 4 is 22.1 Å². The van der Waals surface area contributed by atoms with E-state index in [-0.39, 0.29) is 5.82 Å². The first-order chi connectivity index (χ1) is 13.6. The maximum Gasteiger partial charge on any atom is 0.173 e. The Balaban J connectivity index is 1.51. The molecule has 5 heteroatoms. The Bertz CT molecular complexity index is 1180. The van der Waals surface area contributed by atoms with Crippen LogP contribution in [0.2, 0.25) is 0 Å². The topological polar surface area (TPSA) is 32.6 Å². The van der Waals surface area contributed by atoms with Crippen LogP contribution in [0, 0.1) is 12.7 Å². The predicted molar refractivity (Wildman–Crippen MR) is 113 cm³/mol. The van der Waals surface area contributed by atoms with Crippen LogP contribution in [0.3, 0.4) is 0 Å². The lowest BCUT2D eigenvalue weighted by atomic mass is 10.0. The van der Waals surface area contributed by atoms with Crippen molar-refractivity contribution in [2.75, 3.05) is 25.0 Å². The van der Waals surface area contributed by atoms with Crippen LogP contribution in [-0.2, 0) is 0 Å². The van der Waals surface area contributed by atoms with Crippen LogP contribution >= 0.6 is 0 Å². The second-order valence-corrected chi connectivity index (χ2v) is 7.66. The van der Waals surface area contributed by atoms with E-state index in [9.17, 15) is 4.39 Å². The molecule has 0 aliphatic carbocycles. The number of aryl methyl sites for hydroxylation is 1. The summed E-state index contributed by atoms with van der Waals surface area (Å²) < 4.78 is 16.2. The molecule has 28 heavy (non-hydrogen) atoms. The number of anilines is 1. The van der Waals surface area contributed by atoms with E-state index >= 15 is 0 Å². The van der Waals surface area contributed by atoms with Crippen LogP contribution < -0.4 is 10.2 Å². The molecule has 0 bridgehead atoms. The molecular formula is C23H23FN4. The highest BCUT2D eigenvalue weighted by Crippen LogP contribution is 2.30. The van der Waals surface area contributed by atoms with Gasteiger partial charge in [-0.25, -0.2) is 9.37 Å². The van der Waals surface area contributed by atoms with Gasteiger partial charge in [0.05, 0.1) is 5.69 Å². The van der Waals surface area contributed by atoms with E-state index in [1.807, 2.05) is 26.4 Å². The Morgan fingerprint density at radius 1 is 1.04 bits per heavy atom. The normalized spacial score (nSPS) is 17.1. The maximum atomic E-state index is 14.5. The summed E-state index contributed by atoms with van der Waals surface area (Å²) in [6.45, 7) is 4.00. The number of hydrogen-bond donors (Lipinski definition) is 1. The number of nitrogens with zero attached hydrogens (tertiary/aromatic N) is 3. The van der Waals surface area contributed by atoms with Crippen LogP contribution in [0.5, 0.6) is 0 Å². The third-order valence-corrected chi connectivity index (χ3v) is 5.75. The largest absolute Gasteiger partial charge is 0.370 e. The second-order valence-electron chi connectivity index (χ2n) is 7.66. The molecule has 0 unspecified atom stereocenters. The van der Waals surface area contributed by atoms with E-state index in [1.54, 1.807) is 10.5 Å². The molecule has 142 valence electrons. The fourth-order valence-corrected chi connectivity index (χ4v) is 4.18. The lowest BCUT2D eigenvalue weighted by Crippen LogP contribution is -2.29. The Morgan fingerprint density at radius 3 is 2.68 bits per heavy atom. The number of halogens is 1. The molecule has 1 fully saturated rings. The predicted octanol–water partition coefficient (Wildman–Crippen LogP) is 4.40. The van der Waals surface area contributed by atoms with Gasteiger partial charge in [-0.05, 0) is 61.0 Å². The zero-order chi connectivity index (χ0) is 19.3. The highest BCUT2D eigenvalue weighted by Gasteiger charge is 2.21. The molecule has 2 aromatic heterocycles. The van der Waals surface area contributed by atoms with Crippen molar-refractivity contribution in [2.45, 2.75) is 19.4 Å². The Labute approximate surface area is 163 Å². The SMILES string of the molecule is CN[C@@H]1CCN(c2ccc3cc(-c4cc(F)c5nc(C)cn5c4)ccc3c2)C1. The zero-order valence-electron chi connectivity index (χ0n) is 16.1. The van der Waals surface area contributed by atoms with E-state index in [0.29, 0.717) is 11.7 Å². The Morgan fingerprint density at radius 2 is 1.86 bits per heavy atom. The highest BCUT2D eigenvalue weighted by molar-refractivity contribution is 5.90. The van der Waals surface area contributed by atoms with Crippen molar-refractivity contribution in [1.29, 1.82) is 0 Å². The standard InChI is InChI=1S/C23H23FN4/c1-15-12-28-13-19(11-22(24)23(28)26-15)17-3-4-18-10-21(6-5-16(18)9-17)27-8-7-20(14-27)25-2/h3-6,9-13,20,25H,7-8,14H2,1-2H3/t20-/m1/s1. The van der Waals surface area contributed by atoms with Crippen molar-refractivity contribution in [3.8, 4) is 11.1 Å². The van der Waals surface area contributed by atoms with Gasteiger partial charge >= 0.3 is 0 Å². The van der Waals surface area contributed by atoms with Crippen molar-refractivity contribution in [1.82, 2.24) is 14.7 Å². The molecule has 4 aromatic rings. The van der Waals surface area contributed by atoms with E-state index in [4.69, 9.17) is 0 Å². The van der Waals surface area contributed by atoms with E-state index in [1.165, 1.54) is 17.5 Å². The number of likely N-dealkylation sites (N-methyl/N-ethyl adjacent to an activating group) is 1. The quantitative estimate of drug-likeness (QED) is 0.577. The molecule has 0 spiro atoms. The summed E-state index contributed by atoms with van der Waals surface area (Å²) in [6.07, 6.45) is 4.97. The van der Waals surface area contributed by atoms with Gasteiger partial charge in [0.2, 0.25) is 0 Å². The van der Waals surface area contributed by atoms with Gasteiger partial charge in [0.1, 0.15) is 0 Å². The Hall–Kier alpha value is -2.92. The lowest BCUT2D eigenvalue weighted by molar-refractivity contribution is 0.617. The summed E-state index contributed by atoms with van der Waals surface area (Å²) in [6, 6.07) is 15.1. The average molecular weight is 374 g/mol. The summed E-state index contributed by atoms with van der Waals surface area (Å²) in [4.78, 5) is 6.66. The zero-order valence-corrected chi connectivity index (χ0v) is 16.1. The van der Waals surface area contributed by atoms with Gasteiger partial charge in [0.25, 0.3) is 0 Å². The number of imidazole rings is 1. The number of hydrogen-bond acceptors (Lipinski definition) is 3. The maximum absolute atomic E-state index is 14.5. The molecule has 1 atom stereocenters. The van der Waals surface area contributed by atoms with Crippen LogP contribution in [0.4, 0.5) is 10.1 Å². The van der Waals surface area contributed by atoms with E-state index in [2.05, 4.69) is 51.6 Å². The van der Waals surface area contributed by atoms with Gasteiger partial charge in [-0.1, -0.05) is 18.2 Å². The molecule has 0 amide bonds. The first-order valence-corrected chi connectivity index (χ1v) is 9.72. The van der Waals surface area contributed by atoms with Gasteiger partial charge in [-0.15, -0.1) is 0 Å². The number of rotatable bonds is 3. The van der Waals surface area contributed by atoms with Gasteiger partial charge in [-0.3, -0.25) is 0 Å². The first kappa shape index (κ1) is 17.2. The van der Waals surface area contributed by atoms with Crippen molar-refractivity contribution in [3.63, 3.8) is 0 Å². The molecule has 0 saturated carbocycles. The summed E-state index contributed by atoms with van der Waals surface area (Å²) in [5.41, 5.74) is 4.30. The molecule has 1 N–H and O–H groups in total. The number of benzene rings is 2. The molecule has 1 aliphatic rings.